The number of hydrogen-bond acceptors (Lipinski definition) is 5. The molecule has 0 bridgehead atoms. The number of nitrogens with zero attached hydrogens (tertiary/aromatic N) is 2. The summed E-state index contributed by atoms with van der Waals surface area (Å²) in [7, 11) is 0. The number of nitrogens with one attached hydrogen (secondary N) is 1. The summed E-state index contributed by atoms with van der Waals surface area (Å²) in [6, 6.07) is 26.0. The predicted molar refractivity (Wildman–Crippen MR) is 113 cm³/mol. The minimum atomic E-state index is -0.580. The number of aryl methyl sites for hydroxylation is 1. The van der Waals surface area contributed by atoms with Gasteiger partial charge in [-0.15, -0.1) is 10.2 Å². The van der Waals surface area contributed by atoms with Crippen LogP contribution < -0.4 is 10.1 Å². The minimum Gasteiger partial charge on any atom is -0.484 e. The smallest absolute Gasteiger partial charge is 0.258 e. The van der Waals surface area contributed by atoms with E-state index in [4.69, 9.17) is 9.15 Å². The Kier molecular flexibility index (Phi) is 5.85. The van der Waals surface area contributed by atoms with Gasteiger partial charge in [0.05, 0.1) is 0 Å². The van der Waals surface area contributed by atoms with Crippen LogP contribution in [0.3, 0.4) is 0 Å². The number of para-hydroxylation sites is 1. The van der Waals surface area contributed by atoms with Crippen molar-refractivity contribution in [3.8, 4) is 17.2 Å². The molecule has 0 unspecified atom stereocenters. The number of aromatic nitrogens is 2. The van der Waals surface area contributed by atoms with Gasteiger partial charge in [-0.05, 0) is 36.2 Å². The van der Waals surface area contributed by atoms with Crippen molar-refractivity contribution < 1.29 is 13.9 Å². The maximum Gasteiger partial charge on any atom is 0.258 e. The number of amides is 1. The molecule has 0 spiro atoms. The highest BCUT2D eigenvalue weighted by Gasteiger charge is 2.23. The molecule has 0 radical (unpaired) electrons. The lowest BCUT2D eigenvalue weighted by molar-refractivity contribution is -0.123. The van der Waals surface area contributed by atoms with Crippen LogP contribution in [0.15, 0.2) is 89.3 Å². The molecular weight excluding hydrogens is 378 g/mol. The van der Waals surface area contributed by atoms with Gasteiger partial charge in [0.15, 0.2) is 6.61 Å². The third-order valence-electron chi connectivity index (χ3n) is 4.60. The molecule has 0 aliphatic heterocycles. The molecule has 30 heavy (non-hydrogen) atoms. The maximum absolute atomic E-state index is 12.6. The van der Waals surface area contributed by atoms with Crippen molar-refractivity contribution in [1.82, 2.24) is 15.5 Å². The average molecular weight is 399 g/mol. The van der Waals surface area contributed by atoms with Crippen molar-refractivity contribution in [2.45, 2.75) is 13.0 Å². The largest absolute Gasteiger partial charge is 0.484 e. The van der Waals surface area contributed by atoms with E-state index < -0.39 is 6.04 Å². The standard InChI is InChI=1S/C24H21N3O3/c1-17-10-8-9-15-20(17)29-16-21(28)25-22(18-11-4-2-5-12-18)24-27-26-23(30-24)19-13-6-3-7-14-19/h2-15,22H,16H2,1H3,(H,25,28)/t22-/m1/s1. The van der Waals surface area contributed by atoms with Crippen molar-refractivity contribution in [3.05, 3.63) is 102 Å². The Bertz CT molecular complexity index is 1110. The summed E-state index contributed by atoms with van der Waals surface area (Å²) in [5.41, 5.74) is 2.62. The van der Waals surface area contributed by atoms with E-state index >= 15 is 0 Å². The number of rotatable bonds is 7. The minimum absolute atomic E-state index is 0.117. The fourth-order valence-corrected chi connectivity index (χ4v) is 3.05. The van der Waals surface area contributed by atoms with Gasteiger partial charge in [-0.3, -0.25) is 4.79 Å². The van der Waals surface area contributed by atoms with E-state index in [1.54, 1.807) is 0 Å². The normalized spacial score (nSPS) is 11.6. The van der Waals surface area contributed by atoms with E-state index in [0.717, 1.165) is 16.7 Å². The van der Waals surface area contributed by atoms with E-state index in [1.165, 1.54) is 0 Å². The van der Waals surface area contributed by atoms with Gasteiger partial charge < -0.3 is 14.5 Å². The Morgan fingerprint density at radius 3 is 2.33 bits per heavy atom. The first kappa shape index (κ1) is 19.4. The molecule has 0 saturated carbocycles. The van der Waals surface area contributed by atoms with Crippen molar-refractivity contribution in [2.24, 2.45) is 0 Å². The molecule has 1 N–H and O–H groups in total. The third-order valence-corrected chi connectivity index (χ3v) is 4.60. The van der Waals surface area contributed by atoms with Crippen LogP contribution in [0.2, 0.25) is 0 Å². The Balaban J connectivity index is 1.53. The summed E-state index contributed by atoms with van der Waals surface area (Å²) >= 11 is 0. The Morgan fingerprint density at radius 1 is 0.933 bits per heavy atom. The van der Waals surface area contributed by atoms with Gasteiger partial charge in [-0.1, -0.05) is 66.7 Å². The molecule has 3 aromatic carbocycles. The highest BCUT2D eigenvalue weighted by atomic mass is 16.5. The molecule has 4 aromatic rings. The second-order valence-electron chi connectivity index (χ2n) is 6.78. The number of benzene rings is 3. The average Bonchev–Trinajstić information content (AvgIpc) is 3.28. The molecular formula is C24H21N3O3. The monoisotopic (exact) mass is 399 g/mol. The van der Waals surface area contributed by atoms with Crippen LogP contribution in [-0.4, -0.2) is 22.7 Å². The van der Waals surface area contributed by atoms with Crippen LogP contribution in [0.1, 0.15) is 23.1 Å². The Labute approximate surface area is 174 Å². The zero-order valence-electron chi connectivity index (χ0n) is 16.5. The molecule has 150 valence electrons. The molecule has 0 aliphatic carbocycles. The highest BCUT2D eigenvalue weighted by Crippen LogP contribution is 2.25. The molecule has 4 rings (SSSR count). The molecule has 1 atom stereocenters. The van der Waals surface area contributed by atoms with Gasteiger partial charge in [0.1, 0.15) is 11.8 Å². The summed E-state index contributed by atoms with van der Waals surface area (Å²) in [4.78, 5) is 12.6. The van der Waals surface area contributed by atoms with Gasteiger partial charge in [0.2, 0.25) is 11.8 Å². The first-order valence-corrected chi connectivity index (χ1v) is 9.62. The lowest BCUT2D eigenvalue weighted by Gasteiger charge is -2.16. The molecule has 6 nitrogen and oxygen atoms in total. The van der Waals surface area contributed by atoms with Gasteiger partial charge in [-0.25, -0.2) is 0 Å². The summed E-state index contributed by atoms with van der Waals surface area (Å²) in [5, 5.41) is 11.3. The maximum atomic E-state index is 12.6. The van der Waals surface area contributed by atoms with E-state index in [1.807, 2.05) is 91.9 Å². The molecule has 0 aliphatic rings. The van der Waals surface area contributed by atoms with Crippen LogP contribution >= 0.6 is 0 Å². The zero-order chi connectivity index (χ0) is 20.8. The Hall–Kier alpha value is -3.93. The van der Waals surface area contributed by atoms with Gasteiger partial charge in [0.25, 0.3) is 5.91 Å². The number of carbonyl (C=O) groups is 1. The van der Waals surface area contributed by atoms with E-state index in [0.29, 0.717) is 17.5 Å². The Morgan fingerprint density at radius 2 is 1.60 bits per heavy atom. The highest BCUT2D eigenvalue weighted by molar-refractivity contribution is 5.78. The lowest BCUT2D eigenvalue weighted by atomic mass is 10.1. The van der Waals surface area contributed by atoms with Crippen LogP contribution in [-0.2, 0) is 4.79 Å². The summed E-state index contributed by atoms with van der Waals surface area (Å²) in [5.74, 6) is 1.10. The topological polar surface area (TPSA) is 77.2 Å². The molecule has 1 heterocycles. The first-order chi connectivity index (χ1) is 14.7. The van der Waals surface area contributed by atoms with Crippen molar-refractivity contribution in [2.75, 3.05) is 6.61 Å². The second kappa shape index (κ2) is 9.05. The van der Waals surface area contributed by atoms with E-state index in [9.17, 15) is 4.79 Å². The zero-order valence-corrected chi connectivity index (χ0v) is 16.5. The van der Waals surface area contributed by atoms with Gasteiger partial charge in [0, 0.05) is 5.56 Å². The molecule has 6 heteroatoms. The van der Waals surface area contributed by atoms with Crippen molar-refractivity contribution in [3.63, 3.8) is 0 Å². The van der Waals surface area contributed by atoms with Crippen LogP contribution in [0, 0.1) is 6.92 Å². The summed E-state index contributed by atoms with van der Waals surface area (Å²) in [6.07, 6.45) is 0. The van der Waals surface area contributed by atoms with Crippen LogP contribution in [0.25, 0.3) is 11.5 Å². The van der Waals surface area contributed by atoms with Gasteiger partial charge in [-0.2, -0.15) is 0 Å². The third kappa shape index (κ3) is 4.55. The van der Waals surface area contributed by atoms with Gasteiger partial charge >= 0.3 is 0 Å². The summed E-state index contributed by atoms with van der Waals surface area (Å²) < 4.78 is 11.6. The van der Waals surface area contributed by atoms with E-state index in [2.05, 4.69) is 15.5 Å². The lowest BCUT2D eigenvalue weighted by Crippen LogP contribution is -2.33. The van der Waals surface area contributed by atoms with E-state index in [-0.39, 0.29) is 12.5 Å². The first-order valence-electron chi connectivity index (χ1n) is 9.62. The predicted octanol–water partition coefficient (Wildman–Crippen LogP) is 4.33. The van der Waals surface area contributed by atoms with Crippen LogP contribution in [0.4, 0.5) is 0 Å². The molecule has 1 aromatic heterocycles. The quantitative estimate of drug-likeness (QED) is 0.501. The van der Waals surface area contributed by atoms with Crippen LogP contribution in [0.5, 0.6) is 5.75 Å². The molecule has 1 amide bonds. The summed E-state index contributed by atoms with van der Waals surface area (Å²) in [6.45, 7) is 1.82. The fourth-order valence-electron chi connectivity index (χ4n) is 3.05. The van der Waals surface area contributed by atoms with Crippen molar-refractivity contribution >= 4 is 5.91 Å². The van der Waals surface area contributed by atoms with Crippen molar-refractivity contribution in [1.29, 1.82) is 0 Å². The molecule has 0 saturated heterocycles. The molecule has 0 fully saturated rings. The number of carbonyl (C=O) groups excluding carboxylic acids is 1. The number of hydrogen-bond donors (Lipinski definition) is 1. The number of ether oxygens (including phenoxy) is 1. The SMILES string of the molecule is Cc1ccccc1OCC(=O)N[C@H](c1ccccc1)c1nnc(-c2ccccc2)o1. The second-order valence-corrected chi connectivity index (χ2v) is 6.78. The fraction of sp³-hybridized carbons (Fsp3) is 0.125.